The van der Waals surface area contributed by atoms with Crippen LogP contribution >= 0.6 is 0 Å². The summed E-state index contributed by atoms with van der Waals surface area (Å²) in [6, 6.07) is 9.82. The molecule has 2 rings (SSSR count). The molecule has 1 aromatic carbocycles. The average molecular weight is 296 g/mol. The Labute approximate surface area is 120 Å². The molecule has 0 radical (unpaired) electrons. The minimum atomic E-state index is -3.34. The van der Waals surface area contributed by atoms with Crippen molar-refractivity contribution in [1.29, 1.82) is 0 Å². The van der Waals surface area contributed by atoms with E-state index < -0.39 is 10.0 Å². The Kier molecular flexibility index (Phi) is 5.14. The Morgan fingerprint density at radius 3 is 2.70 bits per heavy atom. The number of sulfonamides is 1. The number of hydrogen-bond donors (Lipinski definition) is 1. The Morgan fingerprint density at radius 1 is 1.20 bits per heavy atom. The number of aryl methyl sites for hydroxylation is 1. The van der Waals surface area contributed by atoms with Crippen molar-refractivity contribution in [2.24, 2.45) is 0 Å². The number of nitrogens with zero attached hydrogens (tertiary/aromatic N) is 1. The van der Waals surface area contributed by atoms with Crippen molar-refractivity contribution in [3.63, 3.8) is 0 Å². The van der Waals surface area contributed by atoms with Gasteiger partial charge in [-0.1, -0.05) is 30.3 Å². The maximum absolute atomic E-state index is 12.2. The van der Waals surface area contributed by atoms with E-state index >= 15 is 0 Å². The van der Waals surface area contributed by atoms with Crippen molar-refractivity contribution in [3.05, 3.63) is 35.9 Å². The molecule has 0 saturated carbocycles. The van der Waals surface area contributed by atoms with Crippen molar-refractivity contribution >= 4 is 15.9 Å². The molecule has 0 aliphatic carbocycles. The van der Waals surface area contributed by atoms with Gasteiger partial charge in [0, 0.05) is 13.1 Å². The summed E-state index contributed by atoms with van der Waals surface area (Å²) in [6.07, 6.45) is 1.98. The third-order valence-corrected chi connectivity index (χ3v) is 5.23. The maximum atomic E-state index is 12.2. The summed E-state index contributed by atoms with van der Waals surface area (Å²) in [6.45, 7) is 0.926. The van der Waals surface area contributed by atoms with Gasteiger partial charge in [0.15, 0.2) is 0 Å². The summed E-state index contributed by atoms with van der Waals surface area (Å²) in [5.74, 6) is -0.121. The molecule has 1 N–H and O–H groups in total. The predicted octanol–water partition coefficient (Wildman–Crippen LogP) is 0.771. The van der Waals surface area contributed by atoms with E-state index in [-0.39, 0.29) is 18.2 Å². The van der Waals surface area contributed by atoms with Crippen LogP contribution in [-0.4, -0.2) is 44.0 Å². The minimum Gasteiger partial charge on any atom is -0.355 e. The van der Waals surface area contributed by atoms with Crippen molar-refractivity contribution in [3.8, 4) is 0 Å². The molecule has 1 heterocycles. The van der Waals surface area contributed by atoms with Crippen LogP contribution in [0.25, 0.3) is 0 Å². The molecule has 1 aliphatic rings. The first-order valence-corrected chi connectivity index (χ1v) is 8.47. The van der Waals surface area contributed by atoms with E-state index in [1.165, 1.54) is 4.31 Å². The highest BCUT2D eigenvalue weighted by Crippen LogP contribution is 2.09. The van der Waals surface area contributed by atoms with Gasteiger partial charge in [0.05, 0.1) is 12.3 Å². The maximum Gasteiger partial charge on any atom is 0.235 e. The molecule has 110 valence electrons. The highest BCUT2D eigenvalue weighted by Gasteiger charge is 2.25. The van der Waals surface area contributed by atoms with Crippen molar-refractivity contribution in [1.82, 2.24) is 9.62 Å². The highest BCUT2D eigenvalue weighted by atomic mass is 32.2. The largest absolute Gasteiger partial charge is 0.355 e. The molecule has 0 aromatic heterocycles. The molecular weight excluding hydrogens is 276 g/mol. The van der Waals surface area contributed by atoms with Crippen LogP contribution in [0.15, 0.2) is 30.3 Å². The lowest BCUT2D eigenvalue weighted by Gasteiger charge is -2.18. The van der Waals surface area contributed by atoms with E-state index in [1.807, 2.05) is 30.3 Å². The van der Waals surface area contributed by atoms with Crippen LogP contribution in [0.4, 0.5) is 0 Å². The fraction of sp³-hybridized carbons (Fsp3) is 0.500. The van der Waals surface area contributed by atoms with Crippen LogP contribution in [0.3, 0.4) is 0 Å². The number of nitrogens with one attached hydrogen (secondary N) is 1. The molecule has 0 spiro atoms. The number of carbonyl (C=O) groups is 1. The van der Waals surface area contributed by atoms with Gasteiger partial charge in [0.2, 0.25) is 15.9 Å². The lowest BCUT2D eigenvalue weighted by Crippen LogP contribution is -2.38. The molecule has 1 amide bonds. The van der Waals surface area contributed by atoms with Crippen LogP contribution < -0.4 is 5.32 Å². The number of hydrogen-bond acceptors (Lipinski definition) is 3. The van der Waals surface area contributed by atoms with E-state index in [0.717, 1.165) is 12.0 Å². The minimum absolute atomic E-state index is 0.0479. The van der Waals surface area contributed by atoms with E-state index in [1.54, 1.807) is 0 Å². The SMILES string of the molecule is O=C1CN(S(=O)(=O)CCCc2ccccc2)CCCN1. The third kappa shape index (κ3) is 4.31. The summed E-state index contributed by atoms with van der Waals surface area (Å²) in [5, 5.41) is 2.68. The molecular formula is C14H20N2O3S. The molecule has 0 bridgehead atoms. The van der Waals surface area contributed by atoms with Crippen molar-refractivity contribution in [2.45, 2.75) is 19.3 Å². The Bertz CT molecular complexity index is 543. The molecule has 1 aliphatic heterocycles. The molecule has 6 heteroatoms. The fourth-order valence-electron chi connectivity index (χ4n) is 2.25. The number of carbonyl (C=O) groups excluding carboxylic acids is 1. The quantitative estimate of drug-likeness (QED) is 0.873. The van der Waals surface area contributed by atoms with Gasteiger partial charge >= 0.3 is 0 Å². The van der Waals surface area contributed by atoms with Crippen molar-refractivity contribution < 1.29 is 13.2 Å². The second-order valence-corrected chi connectivity index (χ2v) is 7.03. The first-order valence-electron chi connectivity index (χ1n) is 6.86. The zero-order chi connectivity index (χ0) is 14.4. The molecule has 0 atom stereocenters. The summed E-state index contributed by atoms with van der Waals surface area (Å²) in [7, 11) is -3.34. The lowest BCUT2D eigenvalue weighted by molar-refractivity contribution is -0.120. The average Bonchev–Trinajstić information content (AvgIpc) is 2.65. The second kappa shape index (κ2) is 6.85. The molecule has 0 unspecified atom stereocenters. The normalized spacial score (nSPS) is 17.5. The Balaban J connectivity index is 1.88. The Hall–Kier alpha value is -1.40. The highest BCUT2D eigenvalue weighted by molar-refractivity contribution is 7.89. The summed E-state index contributed by atoms with van der Waals surface area (Å²) >= 11 is 0. The first kappa shape index (κ1) is 15.0. The molecule has 1 fully saturated rings. The molecule has 1 saturated heterocycles. The van der Waals surface area contributed by atoms with Crippen LogP contribution in [0.1, 0.15) is 18.4 Å². The Morgan fingerprint density at radius 2 is 1.95 bits per heavy atom. The van der Waals surface area contributed by atoms with Crippen LogP contribution in [0.2, 0.25) is 0 Å². The van der Waals surface area contributed by atoms with Gasteiger partial charge in [0.25, 0.3) is 0 Å². The number of rotatable bonds is 5. The van der Waals surface area contributed by atoms with E-state index in [9.17, 15) is 13.2 Å². The smallest absolute Gasteiger partial charge is 0.235 e. The van der Waals surface area contributed by atoms with Gasteiger partial charge in [0.1, 0.15) is 0 Å². The van der Waals surface area contributed by atoms with Gasteiger partial charge in [-0.15, -0.1) is 0 Å². The van der Waals surface area contributed by atoms with Gasteiger partial charge in [-0.2, -0.15) is 4.31 Å². The van der Waals surface area contributed by atoms with Crippen LogP contribution in [0.5, 0.6) is 0 Å². The van der Waals surface area contributed by atoms with Gasteiger partial charge in [-0.3, -0.25) is 4.79 Å². The van der Waals surface area contributed by atoms with Gasteiger partial charge in [-0.05, 0) is 24.8 Å². The van der Waals surface area contributed by atoms with E-state index in [0.29, 0.717) is 25.9 Å². The van der Waals surface area contributed by atoms with Gasteiger partial charge in [-0.25, -0.2) is 8.42 Å². The van der Waals surface area contributed by atoms with Crippen LogP contribution in [0, 0.1) is 0 Å². The topological polar surface area (TPSA) is 66.5 Å². The number of benzene rings is 1. The molecule has 20 heavy (non-hydrogen) atoms. The van der Waals surface area contributed by atoms with E-state index in [4.69, 9.17) is 0 Å². The second-order valence-electron chi connectivity index (χ2n) is 4.94. The summed E-state index contributed by atoms with van der Waals surface area (Å²) in [5.41, 5.74) is 1.14. The van der Waals surface area contributed by atoms with Crippen molar-refractivity contribution in [2.75, 3.05) is 25.4 Å². The summed E-state index contributed by atoms with van der Waals surface area (Å²) < 4.78 is 25.7. The van der Waals surface area contributed by atoms with Crippen LogP contribution in [-0.2, 0) is 21.2 Å². The third-order valence-electron chi connectivity index (χ3n) is 3.33. The molecule has 5 nitrogen and oxygen atoms in total. The lowest BCUT2D eigenvalue weighted by atomic mass is 10.1. The predicted molar refractivity (Wildman–Crippen MR) is 77.7 cm³/mol. The molecule has 1 aromatic rings. The monoisotopic (exact) mass is 296 g/mol. The fourth-order valence-corrected chi connectivity index (χ4v) is 3.74. The standard InChI is InChI=1S/C14H20N2O3S/c17-14-12-16(10-5-9-15-14)20(18,19)11-4-8-13-6-2-1-3-7-13/h1-3,6-7H,4-5,8-12H2,(H,15,17). The number of amides is 1. The van der Waals surface area contributed by atoms with Gasteiger partial charge < -0.3 is 5.32 Å². The summed E-state index contributed by atoms with van der Waals surface area (Å²) in [4.78, 5) is 11.4. The van der Waals surface area contributed by atoms with E-state index in [2.05, 4.69) is 5.32 Å². The first-order chi connectivity index (χ1) is 9.58. The zero-order valence-electron chi connectivity index (χ0n) is 11.4. The zero-order valence-corrected chi connectivity index (χ0v) is 12.2.